The van der Waals surface area contributed by atoms with Crippen molar-refractivity contribution >= 4 is 12.4 Å². The molecular formula is C19H28N6O4. The minimum absolute atomic E-state index is 0.129. The summed E-state index contributed by atoms with van der Waals surface area (Å²) in [5, 5.41) is 32.3. The number of amides is 1. The van der Waals surface area contributed by atoms with Gasteiger partial charge in [0, 0.05) is 23.5 Å². The number of nitrogens with one attached hydrogen (secondary N) is 1. The molecule has 3 N–H and O–H groups in total. The van der Waals surface area contributed by atoms with Crippen LogP contribution in [-0.4, -0.2) is 59.4 Å². The Labute approximate surface area is 169 Å². The average Bonchev–Trinajstić information content (AvgIpc) is 3.12. The van der Waals surface area contributed by atoms with E-state index in [-0.39, 0.29) is 18.4 Å². The van der Waals surface area contributed by atoms with Crippen LogP contribution in [0, 0.1) is 12.8 Å². The van der Waals surface area contributed by atoms with Crippen LogP contribution in [0.1, 0.15) is 45.2 Å². The highest BCUT2D eigenvalue weighted by Crippen LogP contribution is 2.26. The maximum Gasteiger partial charge on any atom is 0.290 e. The van der Waals surface area contributed by atoms with Crippen LogP contribution in [0.15, 0.2) is 18.3 Å². The first-order valence-corrected chi connectivity index (χ1v) is 9.55. The van der Waals surface area contributed by atoms with Gasteiger partial charge >= 0.3 is 0 Å². The molecule has 158 valence electrons. The predicted molar refractivity (Wildman–Crippen MR) is 105 cm³/mol. The predicted octanol–water partition coefficient (Wildman–Crippen LogP) is 1.19. The van der Waals surface area contributed by atoms with E-state index in [2.05, 4.69) is 25.7 Å². The number of tetrazole rings is 1. The van der Waals surface area contributed by atoms with Crippen LogP contribution in [0.25, 0.3) is 11.4 Å². The van der Waals surface area contributed by atoms with Crippen molar-refractivity contribution in [2.24, 2.45) is 5.92 Å². The number of nitrogens with zero attached hydrogens (tertiary/aromatic N) is 5. The average molecular weight is 404 g/mol. The lowest BCUT2D eigenvalue weighted by atomic mass is 9.86. The minimum atomic E-state index is -1.33. The maximum atomic E-state index is 11.9. The highest BCUT2D eigenvalue weighted by Gasteiger charge is 2.29. The van der Waals surface area contributed by atoms with Crippen LogP contribution in [-0.2, 0) is 16.1 Å². The molecular weight excluding hydrogens is 376 g/mol. The first-order valence-electron chi connectivity index (χ1n) is 9.55. The second kappa shape index (κ2) is 10.1. The summed E-state index contributed by atoms with van der Waals surface area (Å²) in [5.41, 5.74) is 0.510. The Morgan fingerprint density at radius 3 is 2.59 bits per heavy atom. The van der Waals surface area contributed by atoms with E-state index in [1.807, 2.05) is 19.1 Å². The van der Waals surface area contributed by atoms with E-state index in [1.54, 1.807) is 11.0 Å². The number of aromatic nitrogens is 5. The van der Waals surface area contributed by atoms with Crippen LogP contribution in [0.4, 0.5) is 0 Å². The Bertz CT molecular complexity index is 809. The molecule has 29 heavy (non-hydrogen) atoms. The van der Waals surface area contributed by atoms with E-state index >= 15 is 0 Å². The van der Waals surface area contributed by atoms with Crippen molar-refractivity contribution in [2.75, 3.05) is 0 Å². The second-order valence-electron chi connectivity index (χ2n) is 7.71. The van der Waals surface area contributed by atoms with E-state index in [0.29, 0.717) is 11.7 Å². The van der Waals surface area contributed by atoms with E-state index in [1.165, 1.54) is 13.8 Å². The molecule has 2 heterocycles. The summed E-state index contributed by atoms with van der Waals surface area (Å²) in [5.74, 6) is 0.768. The fourth-order valence-corrected chi connectivity index (χ4v) is 3.20. The van der Waals surface area contributed by atoms with Gasteiger partial charge in [-0.1, -0.05) is 0 Å². The molecule has 0 saturated heterocycles. The lowest BCUT2D eigenvalue weighted by molar-refractivity contribution is -0.137. The van der Waals surface area contributed by atoms with Crippen LogP contribution < -0.4 is 5.32 Å². The number of aliphatic hydroxyl groups is 1. The first-order chi connectivity index (χ1) is 13.7. The Balaban J connectivity index is 0.000000941. The zero-order valence-corrected chi connectivity index (χ0v) is 16.9. The number of aryl methyl sites for hydroxylation is 1. The molecule has 0 atom stereocenters. The van der Waals surface area contributed by atoms with E-state index in [0.717, 1.165) is 43.5 Å². The number of hydrogen-bond acceptors (Lipinski definition) is 7. The lowest BCUT2D eigenvalue weighted by Crippen LogP contribution is -2.47. The molecule has 1 saturated carbocycles. The molecule has 0 aliphatic heterocycles. The molecule has 0 spiro atoms. The summed E-state index contributed by atoms with van der Waals surface area (Å²) in [6.07, 6.45) is 5.52. The van der Waals surface area contributed by atoms with Crippen molar-refractivity contribution in [3.05, 3.63) is 24.0 Å². The van der Waals surface area contributed by atoms with Gasteiger partial charge in [0.1, 0.15) is 5.60 Å². The molecule has 1 fully saturated rings. The highest BCUT2D eigenvalue weighted by molar-refractivity contribution is 5.84. The van der Waals surface area contributed by atoms with Crippen molar-refractivity contribution in [1.82, 2.24) is 30.5 Å². The molecule has 10 nitrogen and oxygen atoms in total. The topological polar surface area (TPSA) is 143 Å². The largest absolute Gasteiger partial charge is 0.483 e. The number of rotatable bonds is 5. The quantitative estimate of drug-likeness (QED) is 0.631. The van der Waals surface area contributed by atoms with Crippen molar-refractivity contribution in [2.45, 2.75) is 64.6 Å². The number of carboxylic acid groups (broad SMARTS) is 1. The molecule has 3 rings (SSSR count). The number of carbonyl (C=O) groups excluding carboxylic acids is 1. The molecule has 1 aliphatic carbocycles. The van der Waals surface area contributed by atoms with Crippen molar-refractivity contribution in [3.63, 3.8) is 0 Å². The fourth-order valence-electron chi connectivity index (χ4n) is 3.20. The number of carbonyl (C=O) groups is 2. The van der Waals surface area contributed by atoms with Crippen LogP contribution in [0.3, 0.4) is 0 Å². The van der Waals surface area contributed by atoms with E-state index in [9.17, 15) is 9.90 Å². The van der Waals surface area contributed by atoms with Gasteiger partial charge in [-0.05, 0) is 69.7 Å². The second-order valence-corrected chi connectivity index (χ2v) is 7.71. The molecule has 2 aromatic heterocycles. The van der Waals surface area contributed by atoms with Crippen LogP contribution >= 0.6 is 0 Å². The van der Waals surface area contributed by atoms with Gasteiger partial charge in [0.05, 0.1) is 6.54 Å². The van der Waals surface area contributed by atoms with Gasteiger partial charge < -0.3 is 15.5 Å². The third-order valence-corrected chi connectivity index (χ3v) is 4.77. The molecule has 1 aliphatic rings. The van der Waals surface area contributed by atoms with Gasteiger partial charge in [-0.15, -0.1) is 10.2 Å². The monoisotopic (exact) mass is 404 g/mol. The highest BCUT2D eigenvalue weighted by atomic mass is 16.3. The molecule has 2 aromatic rings. The molecule has 0 aromatic carbocycles. The summed E-state index contributed by atoms with van der Waals surface area (Å²) < 4.78 is 0. The molecule has 0 bridgehead atoms. The maximum absolute atomic E-state index is 11.9. The standard InChI is InChI=1S/C18H26N6O2.CH2O2/c1-12-10-14(8-9-19-12)16-21-23-24(22-16)11-13-4-6-15(7-5-13)20-17(25)18(2,3)26;2-1-3/h8-10,13,15,26H,4-7,11H2,1-3H3,(H,20,25);1H,(H,2,3). The normalized spacial score (nSPS) is 19.0. The Morgan fingerprint density at radius 1 is 1.34 bits per heavy atom. The summed E-state index contributed by atoms with van der Waals surface area (Å²) in [7, 11) is 0. The number of pyridine rings is 1. The van der Waals surface area contributed by atoms with Gasteiger partial charge in [0.15, 0.2) is 0 Å². The molecule has 1 amide bonds. The van der Waals surface area contributed by atoms with Gasteiger partial charge in [-0.25, -0.2) is 0 Å². The van der Waals surface area contributed by atoms with Gasteiger partial charge in [0.2, 0.25) is 5.82 Å². The van der Waals surface area contributed by atoms with Crippen LogP contribution in [0.2, 0.25) is 0 Å². The fraction of sp³-hybridized carbons (Fsp3) is 0.579. The molecule has 0 unspecified atom stereocenters. The van der Waals surface area contributed by atoms with Gasteiger partial charge in [-0.3, -0.25) is 14.6 Å². The van der Waals surface area contributed by atoms with Crippen molar-refractivity contribution < 1.29 is 19.8 Å². The van der Waals surface area contributed by atoms with Gasteiger partial charge in [-0.2, -0.15) is 4.80 Å². The molecule has 0 radical (unpaired) electrons. The van der Waals surface area contributed by atoms with Crippen LogP contribution in [0.5, 0.6) is 0 Å². The third kappa shape index (κ3) is 6.90. The Hall–Kier alpha value is -2.88. The number of hydrogen-bond donors (Lipinski definition) is 3. The lowest BCUT2D eigenvalue weighted by Gasteiger charge is -2.30. The van der Waals surface area contributed by atoms with Crippen molar-refractivity contribution in [1.29, 1.82) is 0 Å². The smallest absolute Gasteiger partial charge is 0.290 e. The Kier molecular flexibility index (Phi) is 7.77. The molecule has 10 heteroatoms. The SMILES string of the molecule is Cc1cc(-c2nnn(CC3CCC(NC(=O)C(C)(C)O)CC3)n2)ccn1.O=CO. The minimum Gasteiger partial charge on any atom is -0.483 e. The van der Waals surface area contributed by atoms with E-state index < -0.39 is 5.60 Å². The van der Waals surface area contributed by atoms with E-state index in [4.69, 9.17) is 9.90 Å². The third-order valence-electron chi connectivity index (χ3n) is 4.77. The summed E-state index contributed by atoms with van der Waals surface area (Å²) >= 11 is 0. The van der Waals surface area contributed by atoms with Crippen molar-refractivity contribution in [3.8, 4) is 11.4 Å². The summed E-state index contributed by atoms with van der Waals surface area (Å²) in [6.45, 7) is 5.42. The Morgan fingerprint density at radius 2 is 2.00 bits per heavy atom. The van der Waals surface area contributed by atoms with Gasteiger partial charge in [0.25, 0.3) is 12.4 Å². The zero-order valence-electron chi connectivity index (χ0n) is 16.9. The first kappa shape index (κ1) is 22.4. The summed E-state index contributed by atoms with van der Waals surface area (Å²) in [4.78, 5) is 26.1. The summed E-state index contributed by atoms with van der Waals surface area (Å²) in [6, 6.07) is 3.95. The zero-order chi connectivity index (χ0) is 21.4.